The minimum Gasteiger partial charge on any atom is -0.289 e. The van der Waals surface area contributed by atoms with Crippen molar-refractivity contribution in [2.24, 2.45) is 5.92 Å². The third-order valence-corrected chi connectivity index (χ3v) is 3.65. The minimum atomic E-state index is -0.367. The summed E-state index contributed by atoms with van der Waals surface area (Å²) in [7, 11) is 0. The van der Waals surface area contributed by atoms with Crippen LogP contribution in [0.5, 0.6) is 0 Å². The lowest BCUT2D eigenvalue weighted by atomic mass is 9.98. The van der Waals surface area contributed by atoms with Gasteiger partial charge in [0.15, 0.2) is 5.78 Å². The Morgan fingerprint density at radius 2 is 1.70 bits per heavy atom. The Morgan fingerprint density at radius 3 is 2.25 bits per heavy atom. The number of ketones is 1. The molecule has 0 aliphatic rings. The summed E-state index contributed by atoms with van der Waals surface area (Å²) in [6, 6.07) is 11.9. The van der Waals surface area contributed by atoms with Crippen molar-refractivity contribution in [3.63, 3.8) is 0 Å². The quantitative estimate of drug-likeness (QED) is 0.717. The topological polar surface area (TPSA) is 17.1 Å². The molecule has 0 saturated carbocycles. The maximum absolute atomic E-state index is 13.2. The van der Waals surface area contributed by atoms with E-state index in [1.54, 1.807) is 0 Å². The highest BCUT2D eigenvalue weighted by molar-refractivity contribution is 9.10. The number of carbonyl (C=O) groups is 1. The number of hydrogen-bond acceptors (Lipinski definition) is 1. The van der Waals surface area contributed by atoms with Gasteiger partial charge in [-0.15, -0.1) is 0 Å². The molecule has 0 aliphatic heterocycles. The van der Waals surface area contributed by atoms with Crippen LogP contribution in [0.25, 0.3) is 0 Å². The monoisotopic (exact) mass is 334 g/mol. The van der Waals surface area contributed by atoms with E-state index in [2.05, 4.69) is 29.8 Å². The lowest BCUT2D eigenvalue weighted by molar-refractivity contribution is 0.103. The molecule has 2 aromatic carbocycles. The van der Waals surface area contributed by atoms with Crippen LogP contribution >= 0.6 is 15.9 Å². The molecule has 3 heteroatoms. The van der Waals surface area contributed by atoms with E-state index in [1.165, 1.54) is 23.8 Å². The highest BCUT2D eigenvalue weighted by Crippen LogP contribution is 2.19. The fourth-order valence-electron chi connectivity index (χ4n) is 2.07. The molecule has 2 aromatic rings. The van der Waals surface area contributed by atoms with Gasteiger partial charge in [-0.05, 0) is 52.0 Å². The molecule has 0 unspecified atom stereocenters. The van der Waals surface area contributed by atoms with Gasteiger partial charge in [0.05, 0.1) is 4.47 Å². The summed E-state index contributed by atoms with van der Waals surface area (Å²) in [4.78, 5) is 12.3. The van der Waals surface area contributed by atoms with Gasteiger partial charge in [0.2, 0.25) is 0 Å². The summed E-state index contributed by atoms with van der Waals surface area (Å²) >= 11 is 3.10. The van der Waals surface area contributed by atoms with E-state index in [9.17, 15) is 9.18 Å². The van der Waals surface area contributed by atoms with Gasteiger partial charge in [0.25, 0.3) is 0 Å². The Bertz CT molecular complexity index is 617. The first-order valence-electron chi connectivity index (χ1n) is 6.56. The first-order valence-corrected chi connectivity index (χ1v) is 7.35. The van der Waals surface area contributed by atoms with E-state index in [0.717, 1.165) is 6.42 Å². The number of carbonyl (C=O) groups excluding carboxylic acids is 1. The van der Waals surface area contributed by atoms with Gasteiger partial charge in [0, 0.05) is 11.1 Å². The van der Waals surface area contributed by atoms with E-state index in [-0.39, 0.29) is 11.6 Å². The van der Waals surface area contributed by atoms with E-state index in [4.69, 9.17) is 0 Å². The summed E-state index contributed by atoms with van der Waals surface area (Å²) in [6.07, 6.45) is 0.997. The zero-order valence-electron chi connectivity index (χ0n) is 11.5. The van der Waals surface area contributed by atoms with Crippen molar-refractivity contribution in [3.05, 3.63) is 69.4 Å². The van der Waals surface area contributed by atoms with Crippen LogP contribution in [0.2, 0.25) is 0 Å². The summed E-state index contributed by atoms with van der Waals surface area (Å²) in [6.45, 7) is 4.32. The van der Waals surface area contributed by atoms with E-state index in [0.29, 0.717) is 21.5 Å². The normalized spacial score (nSPS) is 10.8. The summed E-state index contributed by atoms with van der Waals surface area (Å²) < 4.78 is 13.5. The number of hydrogen-bond donors (Lipinski definition) is 0. The minimum absolute atomic E-state index is 0.0956. The first-order chi connectivity index (χ1) is 9.47. The lowest BCUT2D eigenvalue weighted by Crippen LogP contribution is -2.02. The van der Waals surface area contributed by atoms with Crippen molar-refractivity contribution in [1.29, 1.82) is 0 Å². The maximum Gasteiger partial charge on any atom is 0.193 e. The van der Waals surface area contributed by atoms with Crippen LogP contribution < -0.4 is 0 Å². The van der Waals surface area contributed by atoms with Crippen molar-refractivity contribution in [2.75, 3.05) is 0 Å². The third kappa shape index (κ3) is 3.54. The molecule has 0 spiro atoms. The predicted molar refractivity (Wildman–Crippen MR) is 82.5 cm³/mol. The van der Waals surface area contributed by atoms with Gasteiger partial charge in [-0.3, -0.25) is 4.79 Å². The number of halogens is 2. The molecule has 0 N–H and O–H groups in total. The standard InChI is InChI=1S/C17H16BrFO/c1-11(2)9-12-3-5-13(6-4-12)17(20)14-7-8-16(19)15(18)10-14/h3-8,10-11H,9H2,1-2H3. The van der Waals surface area contributed by atoms with E-state index >= 15 is 0 Å². The largest absolute Gasteiger partial charge is 0.289 e. The van der Waals surface area contributed by atoms with Gasteiger partial charge in [-0.25, -0.2) is 4.39 Å². The molecule has 104 valence electrons. The van der Waals surface area contributed by atoms with Crippen LogP contribution in [0.15, 0.2) is 46.9 Å². The molecule has 0 saturated heterocycles. The van der Waals surface area contributed by atoms with E-state index < -0.39 is 0 Å². The van der Waals surface area contributed by atoms with Crippen molar-refractivity contribution in [1.82, 2.24) is 0 Å². The molecule has 0 fully saturated rings. The maximum atomic E-state index is 13.2. The summed E-state index contributed by atoms with van der Waals surface area (Å²) in [5, 5.41) is 0. The molecule has 0 radical (unpaired) electrons. The lowest BCUT2D eigenvalue weighted by Gasteiger charge is -2.06. The van der Waals surface area contributed by atoms with E-state index in [1.807, 2.05) is 24.3 Å². The molecule has 0 amide bonds. The molecular formula is C17H16BrFO. The Labute approximate surface area is 127 Å². The molecule has 0 heterocycles. The van der Waals surface area contributed by atoms with Gasteiger partial charge in [-0.2, -0.15) is 0 Å². The van der Waals surface area contributed by atoms with Crippen molar-refractivity contribution < 1.29 is 9.18 Å². The fourth-order valence-corrected chi connectivity index (χ4v) is 2.45. The smallest absolute Gasteiger partial charge is 0.193 e. The number of benzene rings is 2. The zero-order chi connectivity index (χ0) is 14.7. The SMILES string of the molecule is CC(C)Cc1ccc(C(=O)c2ccc(F)c(Br)c2)cc1. The third-order valence-electron chi connectivity index (χ3n) is 3.04. The predicted octanol–water partition coefficient (Wildman–Crippen LogP) is 5.02. The Morgan fingerprint density at radius 1 is 1.10 bits per heavy atom. The van der Waals surface area contributed by atoms with Crippen molar-refractivity contribution >= 4 is 21.7 Å². The van der Waals surface area contributed by atoms with Gasteiger partial charge < -0.3 is 0 Å². The van der Waals surface area contributed by atoms with Gasteiger partial charge in [0.1, 0.15) is 5.82 Å². The molecule has 0 aromatic heterocycles. The highest BCUT2D eigenvalue weighted by atomic mass is 79.9. The molecule has 0 bridgehead atoms. The second-order valence-corrected chi connectivity index (χ2v) is 6.11. The molecule has 2 rings (SSSR count). The van der Waals surface area contributed by atoms with Crippen LogP contribution in [0.1, 0.15) is 35.3 Å². The number of rotatable bonds is 4. The highest BCUT2D eigenvalue weighted by Gasteiger charge is 2.11. The molecule has 0 aliphatic carbocycles. The summed E-state index contributed by atoms with van der Waals surface area (Å²) in [5.41, 5.74) is 2.32. The van der Waals surface area contributed by atoms with Crippen LogP contribution in [0, 0.1) is 11.7 Å². The Kier molecular flexibility index (Phi) is 4.71. The average Bonchev–Trinajstić information content (AvgIpc) is 2.41. The first kappa shape index (κ1) is 14.9. The molecule has 0 atom stereocenters. The molecule has 1 nitrogen and oxygen atoms in total. The van der Waals surface area contributed by atoms with Gasteiger partial charge in [-0.1, -0.05) is 38.1 Å². The van der Waals surface area contributed by atoms with Crippen LogP contribution in [-0.2, 0) is 6.42 Å². The average molecular weight is 335 g/mol. The van der Waals surface area contributed by atoms with Crippen molar-refractivity contribution in [2.45, 2.75) is 20.3 Å². The molecular weight excluding hydrogens is 319 g/mol. The second-order valence-electron chi connectivity index (χ2n) is 5.25. The zero-order valence-corrected chi connectivity index (χ0v) is 13.1. The van der Waals surface area contributed by atoms with Crippen LogP contribution in [-0.4, -0.2) is 5.78 Å². The van der Waals surface area contributed by atoms with Crippen molar-refractivity contribution in [3.8, 4) is 0 Å². The Balaban J connectivity index is 2.22. The fraction of sp³-hybridized carbons (Fsp3) is 0.235. The summed E-state index contributed by atoms with van der Waals surface area (Å²) in [5.74, 6) is 0.125. The van der Waals surface area contributed by atoms with Crippen LogP contribution in [0.4, 0.5) is 4.39 Å². The molecule has 20 heavy (non-hydrogen) atoms. The Hall–Kier alpha value is -1.48. The second kappa shape index (κ2) is 6.31. The van der Waals surface area contributed by atoms with Crippen LogP contribution in [0.3, 0.4) is 0 Å². The van der Waals surface area contributed by atoms with Gasteiger partial charge >= 0.3 is 0 Å².